The minimum absolute atomic E-state index is 0.113. The molecule has 0 unspecified atom stereocenters. The monoisotopic (exact) mass is 266 g/mol. The van der Waals surface area contributed by atoms with E-state index in [4.69, 9.17) is 0 Å². The van der Waals surface area contributed by atoms with Gasteiger partial charge >= 0.3 is 10.4 Å². The third-order valence-corrected chi connectivity index (χ3v) is 2.92. The fourth-order valence-electron chi connectivity index (χ4n) is 1.12. The third-order valence-electron chi connectivity index (χ3n) is 1.87. The van der Waals surface area contributed by atoms with Crippen LogP contribution in [-0.4, -0.2) is 51.7 Å². The average Bonchev–Trinajstić information content (AvgIpc) is 2.65. The standard InChI is InChI=1S/C6H12N2.C4H10O4S/c1-3-8-5-4-7(2)6-8;1-3-7-9(5,6)8-4-2/h4-5H,3,6H2,1-2H3;3-4H2,1-2H3. The van der Waals surface area contributed by atoms with E-state index in [-0.39, 0.29) is 13.2 Å². The number of hydrogen-bond donors (Lipinski definition) is 0. The van der Waals surface area contributed by atoms with Crippen LogP contribution in [0.3, 0.4) is 0 Å². The molecule has 0 N–H and O–H groups in total. The molecule has 0 spiro atoms. The predicted molar refractivity (Wildman–Crippen MR) is 66.3 cm³/mol. The summed E-state index contributed by atoms with van der Waals surface area (Å²) in [5.74, 6) is 0. The van der Waals surface area contributed by atoms with Crippen molar-refractivity contribution in [1.29, 1.82) is 0 Å². The highest BCUT2D eigenvalue weighted by molar-refractivity contribution is 7.81. The SMILES string of the molecule is CCN1C=CN(C)C1.CCOS(=O)(=O)OCC. The van der Waals surface area contributed by atoms with E-state index in [0.29, 0.717) is 0 Å². The Labute approximate surface area is 104 Å². The zero-order valence-electron chi connectivity index (χ0n) is 10.9. The predicted octanol–water partition coefficient (Wildman–Crippen LogP) is 0.987. The van der Waals surface area contributed by atoms with Gasteiger partial charge in [0.15, 0.2) is 0 Å². The summed E-state index contributed by atoms with van der Waals surface area (Å²) < 4.78 is 29.2. The molecule has 0 aromatic rings. The van der Waals surface area contributed by atoms with Gasteiger partial charge in [-0.1, -0.05) is 0 Å². The topological polar surface area (TPSA) is 59.1 Å². The Morgan fingerprint density at radius 2 is 1.65 bits per heavy atom. The molecule has 0 atom stereocenters. The highest BCUT2D eigenvalue weighted by Gasteiger charge is 2.07. The van der Waals surface area contributed by atoms with E-state index < -0.39 is 10.4 Å². The molecule has 0 bridgehead atoms. The van der Waals surface area contributed by atoms with Crippen molar-refractivity contribution in [3.63, 3.8) is 0 Å². The van der Waals surface area contributed by atoms with Crippen molar-refractivity contribution >= 4 is 10.4 Å². The second-order valence-corrected chi connectivity index (χ2v) is 4.61. The Hall–Kier alpha value is -0.790. The van der Waals surface area contributed by atoms with Crippen molar-refractivity contribution in [3.05, 3.63) is 12.4 Å². The molecule has 7 heteroatoms. The van der Waals surface area contributed by atoms with Crippen LogP contribution < -0.4 is 0 Å². The first-order valence-electron chi connectivity index (χ1n) is 5.61. The van der Waals surface area contributed by atoms with Crippen LogP contribution in [0.4, 0.5) is 0 Å². The first-order valence-corrected chi connectivity index (χ1v) is 6.94. The quantitative estimate of drug-likeness (QED) is 0.739. The first kappa shape index (κ1) is 16.2. The molecular weight excluding hydrogens is 244 g/mol. The van der Waals surface area contributed by atoms with Crippen LogP contribution >= 0.6 is 0 Å². The minimum Gasteiger partial charge on any atom is -0.362 e. The van der Waals surface area contributed by atoms with Gasteiger partial charge in [0.1, 0.15) is 0 Å². The molecule has 0 saturated heterocycles. The van der Waals surface area contributed by atoms with E-state index in [1.54, 1.807) is 13.8 Å². The van der Waals surface area contributed by atoms with Crippen LogP contribution in [0.25, 0.3) is 0 Å². The summed E-state index contributed by atoms with van der Waals surface area (Å²) in [7, 11) is -1.61. The zero-order valence-corrected chi connectivity index (χ0v) is 11.7. The van der Waals surface area contributed by atoms with E-state index in [1.165, 1.54) is 0 Å². The van der Waals surface area contributed by atoms with E-state index in [1.807, 2.05) is 0 Å². The van der Waals surface area contributed by atoms with E-state index in [9.17, 15) is 8.42 Å². The summed E-state index contributed by atoms with van der Waals surface area (Å²) in [6.07, 6.45) is 4.20. The Bertz CT molecular complexity index is 304. The summed E-state index contributed by atoms with van der Waals surface area (Å²) in [4.78, 5) is 4.41. The van der Waals surface area contributed by atoms with Crippen molar-refractivity contribution in [2.45, 2.75) is 20.8 Å². The molecule has 0 radical (unpaired) electrons. The lowest BCUT2D eigenvalue weighted by molar-refractivity contribution is 0.231. The van der Waals surface area contributed by atoms with Crippen molar-refractivity contribution in [3.8, 4) is 0 Å². The molecule has 0 fully saturated rings. The summed E-state index contributed by atoms with van der Waals surface area (Å²) in [6.45, 7) is 7.71. The Balaban J connectivity index is 0.000000302. The molecule has 0 saturated carbocycles. The lowest BCUT2D eigenvalue weighted by Crippen LogP contribution is -2.21. The van der Waals surface area contributed by atoms with Gasteiger partial charge in [-0.3, -0.25) is 0 Å². The Morgan fingerprint density at radius 3 is 1.88 bits per heavy atom. The molecule has 17 heavy (non-hydrogen) atoms. The van der Waals surface area contributed by atoms with Crippen LogP contribution in [-0.2, 0) is 18.8 Å². The fourth-order valence-corrected chi connectivity index (χ4v) is 1.76. The molecule has 1 aliphatic heterocycles. The minimum atomic E-state index is -3.68. The van der Waals surface area contributed by atoms with Gasteiger partial charge < -0.3 is 9.80 Å². The molecule has 0 aromatic heterocycles. The lowest BCUT2D eigenvalue weighted by Gasteiger charge is -2.14. The number of hydrogen-bond acceptors (Lipinski definition) is 6. The smallest absolute Gasteiger partial charge is 0.362 e. The zero-order chi connectivity index (χ0) is 13.3. The summed E-state index contributed by atoms with van der Waals surface area (Å²) >= 11 is 0. The van der Waals surface area contributed by atoms with Gasteiger partial charge in [-0.05, 0) is 20.8 Å². The molecule has 6 nitrogen and oxygen atoms in total. The van der Waals surface area contributed by atoms with Crippen LogP contribution in [0.2, 0.25) is 0 Å². The molecule has 102 valence electrons. The first-order chi connectivity index (χ1) is 7.95. The molecule has 0 amide bonds. The maximum Gasteiger partial charge on any atom is 0.399 e. The van der Waals surface area contributed by atoms with E-state index in [2.05, 4.69) is 44.5 Å². The van der Waals surface area contributed by atoms with Crippen LogP contribution in [0.15, 0.2) is 12.4 Å². The van der Waals surface area contributed by atoms with Crippen LogP contribution in [0, 0.1) is 0 Å². The lowest BCUT2D eigenvalue weighted by atomic mass is 10.6. The van der Waals surface area contributed by atoms with Crippen molar-refractivity contribution < 1.29 is 16.8 Å². The molecule has 1 heterocycles. The van der Waals surface area contributed by atoms with E-state index in [0.717, 1.165) is 13.2 Å². The molecule has 0 aromatic carbocycles. The maximum absolute atomic E-state index is 10.4. The largest absolute Gasteiger partial charge is 0.399 e. The average molecular weight is 266 g/mol. The highest BCUT2D eigenvalue weighted by atomic mass is 32.3. The normalized spacial score (nSPS) is 14.8. The summed E-state index contributed by atoms with van der Waals surface area (Å²) in [5, 5.41) is 0. The van der Waals surface area contributed by atoms with Crippen LogP contribution in [0.1, 0.15) is 20.8 Å². The number of nitrogens with zero attached hydrogens (tertiary/aromatic N) is 2. The second kappa shape index (κ2) is 8.32. The van der Waals surface area contributed by atoms with Gasteiger partial charge in [0.25, 0.3) is 0 Å². The van der Waals surface area contributed by atoms with Crippen molar-refractivity contribution in [2.75, 3.05) is 33.5 Å². The van der Waals surface area contributed by atoms with Crippen molar-refractivity contribution in [1.82, 2.24) is 9.80 Å². The van der Waals surface area contributed by atoms with Gasteiger partial charge in [-0.15, -0.1) is 0 Å². The van der Waals surface area contributed by atoms with Crippen LogP contribution in [0.5, 0.6) is 0 Å². The Morgan fingerprint density at radius 1 is 1.12 bits per heavy atom. The van der Waals surface area contributed by atoms with Gasteiger partial charge in [0.05, 0.1) is 19.9 Å². The Kier molecular flexibility index (Phi) is 7.94. The second-order valence-electron chi connectivity index (χ2n) is 3.32. The van der Waals surface area contributed by atoms with Gasteiger partial charge in [-0.25, -0.2) is 8.37 Å². The molecule has 1 rings (SSSR count). The van der Waals surface area contributed by atoms with Crippen molar-refractivity contribution in [2.24, 2.45) is 0 Å². The van der Waals surface area contributed by atoms with E-state index >= 15 is 0 Å². The van der Waals surface area contributed by atoms with Gasteiger partial charge in [0, 0.05) is 26.0 Å². The maximum atomic E-state index is 10.4. The molecule has 1 aliphatic rings. The summed E-state index contributed by atoms with van der Waals surface area (Å²) in [5.41, 5.74) is 0. The molecule has 0 aliphatic carbocycles. The highest BCUT2D eigenvalue weighted by Crippen LogP contribution is 2.00. The summed E-state index contributed by atoms with van der Waals surface area (Å²) in [6, 6.07) is 0. The number of rotatable bonds is 5. The van der Waals surface area contributed by atoms with Gasteiger partial charge in [0.2, 0.25) is 0 Å². The molecular formula is C10H22N2O4S. The van der Waals surface area contributed by atoms with Gasteiger partial charge in [-0.2, -0.15) is 8.42 Å². The third kappa shape index (κ3) is 8.00. The fraction of sp³-hybridized carbons (Fsp3) is 0.800.